The van der Waals surface area contributed by atoms with Crippen LogP contribution in [0.15, 0.2) is 55.0 Å². The van der Waals surface area contributed by atoms with E-state index in [4.69, 9.17) is 22.7 Å². The van der Waals surface area contributed by atoms with E-state index in [0.717, 1.165) is 11.1 Å². The average molecular weight is 258 g/mol. The maximum atomic E-state index is 8.17. The predicted octanol–water partition coefficient (Wildman–Crippen LogP) is 3.10. The maximum absolute atomic E-state index is 8.17. The van der Waals surface area contributed by atoms with Gasteiger partial charge in [-0.25, -0.2) is 0 Å². The summed E-state index contributed by atoms with van der Waals surface area (Å²) in [7, 11) is 0. The van der Waals surface area contributed by atoms with Gasteiger partial charge in [0, 0.05) is 34.8 Å². The molecule has 1 aromatic heterocycles. The molecule has 0 saturated heterocycles. The van der Waals surface area contributed by atoms with Crippen molar-refractivity contribution in [1.29, 1.82) is 5.41 Å². The number of pyridine rings is 1. The molecule has 4 heteroatoms. The van der Waals surface area contributed by atoms with Gasteiger partial charge in [-0.3, -0.25) is 10.4 Å². The smallest absolute Gasteiger partial charge is 0.0706 e. The zero-order valence-electron chi connectivity index (χ0n) is 9.60. The summed E-state index contributed by atoms with van der Waals surface area (Å²) in [6.45, 7) is 0. The van der Waals surface area contributed by atoms with Gasteiger partial charge in [-0.05, 0) is 29.8 Å². The number of benzene rings is 1. The van der Waals surface area contributed by atoms with Gasteiger partial charge in [-0.1, -0.05) is 23.7 Å². The summed E-state index contributed by atoms with van der Waals surface area (Å²) in [6, 6.07) is 10.8. The first-order valence-corrected chi connectivity index (χ1v) is 5.77. The van der Waals surface area contributed by atoms with Crippen molar-refractivity contribution >= 4 is 22.9 Å². The summed E-state index contributed by atoms with van der Waals surface area (Å²) in [5.74, 6) is 0. The van der Waals surface area contributed by atoms with Crippen molar-refractivity contribution in [3.05, 3.63) is 71.1 Å². The lowest BCUT2D eigenvalue weighted by Crippen LogP contribution is -2.05. The molecule has 0 aliphatic rings. The molecule has 1 aromatic carbocycles. The predicted molar refractivity (Wildman–Crippen MR) is 74.7 cm³/mol. The second-order valence-electron chi connectivity index (χ2n) is 3.70. The van der Waals surface area contributed by atoms with Gasteiger partial charge in [-0.15, -0.1) is 0 Å². The third kappa shape index (κ3) is 2.57. The molecule has 3 nitrogen and oxygen atoms in total. The van der Waals surface area contributed by atoms with Gasteiger partial charge < -0.3 is 5.73 Å². The van der Waals surface area contributed by atoms with Crippen LogP contribution in [0, 0.1) is 5.41 Å². The fourth-order valence-electron chi connectivity index (χ4n) is 1.63. The van der Waals surface area contributed by atoms with Crippen LogP contribution in [0.4, 0.5) is 0 Å². The zero-order chi connectivity index (χ0) is 13.0. The SMILES string of the molecule is N=C(/C(=C\N)c1ccc(Cl)cc1)c1ccncc1. The number of hydrogen-bond donors (Lipinski definition) is 2. The number of nitrogens with zero attached hydrogens (tertiary/aromatic N) is 1. The van der Waals surface area contributed by atoms with Gasteiger partial charge in [0.05, 0.1) is 5.71 Å². The minimum absolute atomic E-state index is 0.363. The Labute approximate surface area is 110 Å². The van der Waals surface area contributed by atoms with E-state index < -0.39 is 0 Å². The van der Waals surface area contributed by atoms with Crippen molar-refractivity contribution in [3.8, 4) is 0 Å². The lowest BCUT2D eigenvalue weighted by molar-refractivity contribution is 1.32. The lowest BCUT2D eigenvalue weighted by Gasteiger charge is -2.09. The van der Waals surface area contributed by atoms with Crippen molar-refractivity contribution in [2.75, 3.05) is 0 Å². The van der Waals surface area contributed by atoms with Crippen LogP contribution < -0.4 is 5.73 Å². The Balaban J connectivity index is 2.36. The van der Waals surface area contributed by atoms with Crippen LogP contribution in [0.2, 0.25) is 5.02 Å². The van der Waals surface area contributed by atoms with E-state index in [1.165, 1.54) is 6.20 Å². The first-order valence-electron chi connectivity index (χ1n) is 5.39. The second kappa shape index (κ2) is 5.47. The molecular weight excluding hydrogens is 246 g/mol. The molecule has 0 atom stereocenters. The number of aromatic nitrogens is 1. The molecule has 3 N–H and O–H groups in total. The van der Waals surface area contributed by atoms with Gasteiger partial charge in [0.25, 0.3) is 0 Å². The van der Waals surface area contributed by atoms with Gasteiger partial charge in [0.1, 0.15) is 0 Å². The molecule has 0 saturated carbocycles. The van der Waals surface area contributed by atoms with Crippen LogP contribution in [0.25, 0.3) is 5.57 Å². The lowest BCUT2D eigenvalue weighted by atomic mass is 9.97. The number of halogens is 1. The second-order valence-corrected chi connectivity index (χ2v) is 4.13. The summed E-state index contributed by atoms with van der Waals surface area (Å²) in [5, 5.41) is 8.83. The quantitative estimate of drug-likeness (QED) is 0.830. The van der Waals surface area contributed by atoms with Gasteiger partial charge in [0.15, 0.2) is 0 Å². The Morgan fingerprint density at radius 2 is 1.67 bits per heavy atom. The van der Waals surface area contributed by atoms with E-state index >= 15 is 0 Å². The van der Waals surface area contributed by atoms with Crippen LogP contribution in [-0.4, -0.2) is 10.7 Å². The highest BCUT2D eigenvalue weighted by atomic mass is 35.5. The topological polar surface area (TPSA) is 62.8 Å². The Bertz CT molecular complexity index is 574. The molecule has 0 aliphatic heterocycles. The van der Waals surface area contributed by atoms with E-state index in [1.807, 2.05) is 12.1 Å². The molecule has 1 heterocycles. The molecule has 0 unspecified atom stereocenters. The maximum Gasteiger partial charge on any atom is 0.0706 e. The van der Waals surface area contributed by atoms with Crippen molar-refractivity contribution in [2.24, 2.45) is 5.73 Å². The molecule has 0 fully saturated rings. The molecule has 90 valence electrons. The molecule has 0 radical (unpaired) electrons. The first-order chi connectivity index (χ1) is 8.72. The zero-order valence-corrected chi connectivity index (χ0v) is 10.4. The summed E-state index contributed by atoms with van der Waals surface area (Å²) in [4.78, 5) is 3.93. The van der Waals surface area contributed by atoms with Gasteiger partial charge >= 0.3 is 0 Å². The Morgan fingerprint density at radius 1 is 1.06 bits per heavy atom. The molecule has 0 bridgehead atoms. The standard InChI is InChI=1S/C14H12ClN3/c15-12-3-1-10(2-4-12)13(9-16)14(17)11-5-7-18-8-6-11/h1-9,17H,16H2/b13-9-,17-14?. The van der Waals surface area contributed by atoms with E-state index in [1.54, 1.807) is 36.7 Å². The van der Waals surface area contributed by atoms with Crippen molar-refractivity contribution < 1.29 is 0 Å². The Morgan fingerprint density at radius 3 is 2.22 bits per heavy atom. The largest absolute Gasteiger partial charge is 0.404 e. The molecule has 0 amide bonds. The van der Waals surface area contributed by atoms with E-state index in [9.17, 15) is 0 Å². The monoisotopic (exact) mass is 257 g/mol. The molecule has 18 heavy (non-hydrogen) atoms. The fourth-order valence-corrected chi connectivity index (χ4v) is 1.75. The van der Waals surface area contributed by atoms with Crippen LogP contribution >= 0.6 is 11.6 Å². The van der Waals surface area contributed by atoms with Crippen molar-refractivity contribution in [2.45, 2.75) is 0 Å². The van der Waals surface area contributed by atoms with Crippen molar-refractivity contribution in [3.63, 3.8) is 0 Å². The summed E-state index contributed by atoms with van der Waals surface area (Å²) >= 11 is 5.84. The van der Waals surface area contributed by atoms with E-state index in [-0.39, 0.29) is 0 Å². The number of allylic oxidation sites excluding steroid dienone is 1. The minimum Gasteiger partial charge on any atom is -0.404 e. The van der Waals surface area contributed by atoms with Gasteiger partial charge in [-0.2, -0.15) is 0 Å². The Kier molecular flexibility index (Phi) is 3.75. The highest BCUT2D eigenvalue weighted by Crippen LogP contribution is 2.20. The number of hydrogen-bond acceptors (Lipinski definition) is 3. The third-order valence-corrected chi connectivity index (χ3v) is 2.81. The minimum atomic E-state index is 0.363. The van der Waals surface area contributed by atoms with Crippen molar-refractivity contribution in [1.82, 2.24) is 4.98 Å². The summed E-state index contributed by atoms with van der Waals surface area (Å²) < 4.78 is 0. The Hall–Kier alpha value is -2.13. The number of nitrogens with one attached hydrogen (secondary N) is 1. The molecular formula is C14H12ClN3. The highest BCUT2D eigenvalue weighted by molar-refractivity contribution is 6.32. The number of rotatable bonds is 3. The molecule has 2 rings (SSSR count). The highest BCUT2D eigenvalue weighted by Gasteiger charge is 2.09. The third-order valence-electron chi connectivity index (χ3n) is 2.56. The van der Waals surface area contributed by atoms with E-state index in [0.29, 0.717) is 16.3 Å². The summed E-state index contributed by atoms with van der Waals surface area (Å²) in [5.41, 5.74) is 8.30. The molecule has 0 spiro atoms. The average Bonchev–Trinajstić information content (AvgIpc) is 2.42. The van der Waals surface area contributed by atoms with Crippen LogP contribution in [0.5, 0.6) is 0 Å². The normalized spacial score (nSPS) is 11.3. The van der Waals surface area contributed by atoms with Crippen LogP contribution in [-0.2, 0) is 0 Å². The fraction of sp³-hybridized carbons (Fsp3) is 0. The van der Waals surface area contributed by atoms with Crippen LogP contribution in [0.1, 0.15) is 11.1 Å². The summed E-state index contributed by atoms with van der Waals surface area (Å²) in [6.07, 6.45) is 4.74. The van der Waals surface area contributed by atoms with E-state index in [2.05, 4.69) is 4.98 Å². The first kappa shape index (κ1) is 12.3. The molecule has 2 aromatic rings. The number of nitrogens with two attached hydrogens (primary N) is 1. The van der Waals surface area contributed by atoms with Crippen LogP contribution in [0.3, 0.4) is 0 Å². The molecule has 0 aliphatic carbocycles. The van der Waals surface area contributed by atoms with Gasteiger partial charge in [0.2, 0.25) is 0 Å².